The summed E-state index contributed by atoms with van der Waals surface area (Å²) < 4.78 is 0.959. The molecule has 1 aromatic carbocycles. The van der Waals surface area contributed by atoms with E-state index in [-0.39, 0.29) is 17.5 Å². The molecule has 1 aliphatic heterocycles. The van der Waals surface area contributed by atoms with Gasteiger partial charge in [0.15, 0.2) is 5.17 Å². The Hall–Kier alpha value is -1.67. The molecule has 8 heteroatoms. The van der Waals surface area contributed by atoms with Gasteiger partial charge in [-0.15, -0.1) is 5.10 Å². The number of aliphatic carboxylic acids is 1. The second-order valence-corrected chi connectivity index (χ2v) is 6.01. The number of rotatable bonds is 3. The molecule has 2 rings (SSSR count). The van der Waals surface area contributed by atoms with E-state index in [1.54, 1.807) is 0 Å². The third-order valence-corrected chi connectivity index (χ3v) is 3.96. The highest BCUT2D eigenvalue weighted by Gasteiger charge is 2.29. The number of carboxylic acid groups (broad SMARTS) is 1. The minimum absolute atomic E-state index is 0.0601. The van der Waals surface area contributed by atoms with E-state index >= 15 is 0 Å². The van der Waals surface area contributed by atoms with Crippen LogP contribution in [0.4, 0.5) is 0 Å². The molecule has 0 unspecified atom stereocenters. The van der Waals surface area contributed by atoms with Crippen molar-refractivity contribution in [3.8, 4) is 0 Å². The fourth-order valence-corrected chi connectivity index (χ4v) is 2.56. The molecular formula is C12H10BrN3O3S. The van der Waals surface area contributed by atoms with Crippen LogP contribution in [0.1, 0.15) is 12.0 Å². The summed E-state index contributed by atoms with van der Waals surface area (Å²) in [5.41, 5.74) is 0.847. The molecule has 20 heavy (non-hydrogen) atoms. The standard InChI is InChI=1S/C12H10BrN3O3S/c13-8-3-1-7(2-4-8)6-14-16-12-15-10(17)5-9(20-12)11(18)19/h1-4,6,9H,5H2,(H,18,19)(H,15,16,17)/b14-6-/t9-/m1/s1. The summed E-state index contributed by atoms with van der Waals surface area (Å²) in [6.07, 6.45) is 1.46. The van der Waals surface area contributed by atoms with Gasteiger partial charge in [0, 0.05) is 10.9 Å². The molecule has 0 aliphatic carbocycles. The van der Waals surface area contributed by atoms with Gasteiger partial charge >= 0.3 is 5.97 Å². The zero-order valence-electron chi connectivity index (χ0n) is 10.1. The molecule has 1 amide bonds. The van der Waals surface area contributed by atoms with E-state index in [2.05, 4.69) is 31.4 Å². The predicted molar refractivity (Wildman–Crippen MR) is 80.9 cm³/mol. The largest absolute Gasteiger partial charge is 0.480 e. The summed E-state index contributed by atoms with van der Waals surface area (Å²) in [6.45, 7) is 0. The zero-order chi connectivity index (χ0) is 14.5. The van der Waals surface area contributed by atoms with Gasteiger partial charge in [0.2, 0.25) is 5.91 Å². The van der Waals surface area contributed by atoms with Gasteiger partial charge in [-0.25, -0.2) is 0 Å². The van der Waals surface area contributed by atoms with E-state index in [1.807, 2.05) is 24.3 Å². The summed E-state index contributed by atoms with van der Waals surface area (Å²) in [4.78, 5) is 22.2. The van der Waals surface area contributed by atoms with Crippen LogP contribution in [-0.2, 0) is 9.59 Å². The Balaban J connectivity index is 2.04. The van der Waals surface area contributed by atoms with E-state index < -0.39 is 11.2 Å². The molecule has 6 nitrogen and oxygen atoms in total. The lowest BCUT2D eigenvalue weighted by Gasteiger charge is -2.18. The quantitative estimate of drug-likeness (QED) is 0.639. The lowest BCUT2D eigenvalue weighted by atomic mass is 10.2. The molecule has 1 saturated heterocycles. The lowest BCUT2D eigenvalue weighted by molar-refractivity contribution is -0.138. The number of carbonyl (C=O) groups excluding carboxylic acids is 1. The number of thioether (sulfide) groups is 1. The molecule has 0 saturated carbocycles. The van der Waals surface area contributed by atoms with Gasteiger partial charge in [0.05, 0.1) is 6.21 Å². The van der Waals surface area contributed by atoms with Crippen molar-refractivity contribution in [1.29, 1.82) is 0 Å². The molecule has 0 bridgehead atoms. The molecular weight excluding hydrogens is 346 g/mol. The number of nitrogens with zero attached hydrogens (tertiary/aromatic N) is 2. The SMILES string of the molecule is O=C1C[C@H](C(=O)O)SC(=N/N=C\c2ccc(Br)cc2)N1. The van der Waals surface area contributed by atoms with E-state index in [0.29, 0.717) is 0 Å². The summed E-state index contributed by atoms with van der Waals surface area (Å²) in [7, 11) is 0. The molecule has 1 aliphatic rings. The third kappa shape index (κ3) is 4.17. The number of hydrogen-bond acceptors (Lipinski definition) is 5. The Bertz CT molecular complexity index is 586. The smallest absolute Gasteiger partial charge is 0.317 e. The number of benzene rings is 1. The molecule has 1 atom stereocenters. The third-order valence-electron chi connectivity index (χ3n) is 2.37. The number of carboxylic acids is 1. The number of nitrogens with one attached hydrogen (secondary N) is 1. The first-order chi connectivity index (χ1) is 9.54. The van der Waals surface area contributed by atoms with Crippen molar-refractivity contribution in [2.75, 3.05) is 0 Å². The van der Waals surface area contributed by atoms with Crippen molar-refractivity contribution in [2.24, 2.45) is 10.2 Å². The van der Waals surface area contributed by atoms with Crippen molar-refractivity contribution < 1.29 is 14.7 Å². The summed E-state index contributed by atoms with van der Waals surface area (Å²) in [5.74, 6) is -1.40. The molecule has 2 N–H and O–H groups in total. The van der Waals surface area contributed by atoms with Crippen LogP contribution < -0.4 is 5.32 Å². The van der Waals surface area contributed by atoms with Crippen molar-refractivity contribution in [1.82, 2.24) is 5.32 Å². The number of amidine groups is 1. The van der Waals surface area contributed by atoms with Crippen LogP contribution in [0.25, 0.3) is 0 Å². The van der Waals surface area contributed by atoms with Gasteiger partial charge < -0.3 is 10.4 Å². The number of carbonyl (C=O) groups is 2. The fraction of sp³-hybridized carbons (Fsp3) is 0.167. The maximum Gasteiger partial charge on any atom is 0.317 e. The van der Waals surface area contributed by atoms with Gasteiger partial charge in [-0.1, -0.05) is 39.8 Å². The second kappa shape index (κ2) is 6.67. The number of halogens is 1. The average molecular weight is 356 g/mol. The van der Waals surface area contributed by atoms with Gasteiger partial charge in [0.25, 0.3) is 0 Å². The highest BCUT2D eigenvalue weighted by molar-refractivity contribution is 9.10. The normalized spacial score (nSPS) is 21.1. The Labute approximate surface area is 127 Å². The molecule has 1 aromatic rings. The van der Waals surface area contributed by atoms with Crippen LogP contribution in [-0.4, -0.2) is 33.6 Å². The molecule has 1 heterocycles. The average Bonchev–Trinajstić information content (AvgIpc) is 2.40. The van der Waals surface area contributed by atoms with Crippen molar-refractivity contribution in [3.05, 3.63) is 34.3 Å². The zero-order valence-corrected chi connectivity index (χ0v) is 12.5. The Morgan fingerprint density at radius 1 is 1.45 bits per heavy atom. The Morgan fingerprint density at radius 3 is 2.80 bits per heavy atom. The second-order valence-electron chi connectivity index (χ2n) is 3.90. The minimum Gasteiger partial charge on any atom is -0.480 e. The van der Waals surface area contributed by atoms with Crippen molar-refractivity contribution in [3.63, 3.8) is 0 Å². The van der Waals surface area contributed by atoms with E-state index in [0.717, 1.165) is 21.8 Å². The van der Waals surface area contributed by atoms with Crippen LogP contribution in [0.15, 0.2) is 38.9 Å². The van der Waals surface area contributed by atoms with Gasteiger partial charge in [-0.2, -0.15) is 5.10 Å². The Morgan fingerprint density at radius 2 is 2.15 bits per heavy atom. The van der Waals surface area contributed by atoms with Gasteiger partial charge in [-0.3, -0.25) is 9.59 Å². The topological polar surface area (TPSA) is 91.1 Å². The van der Waals surface area contributed by atoms with Crippen LogP contribution in [0.2, 0.25) is 0 Å². The number of hydrogen-bond donors (Lipinski definition) is 2. The first kappa shape index (κ1) is 14.7. The van der Waals surface area contributed by atoms with Crippen LogP contribution >= 0.6 is 27.7 Å². The van der Waals surface area contributed by atoms with Crippen LogP contribution in [0, 0.1) is 0 Å². The molecule has 104 valence electrons. The maximum absolute atomic E-state index is 11.3. The number of amides is 1. The molecule has 1 fully saturated rings. The summed E-state index contributed by atoms with van der Waals surface area (Å²) >= 11 is 4.30. The van der Waals surface area contributed by atoms with Gasteiger partial charge in [-0.05, 0) is 17.7 Å². The monoisotopic (exact) mass is 355 g/mol. The fourth-order valence-electron chi connectivity index (χ4n) is 1.43. The van der Waals surface area contributed by atoms with Crippen LogP contribution in [0.3, 0.4) is 0 Å². The maximum atomic E-state index is 11.3. The molecule has 0 radical (unpaired) electrons. The molecule has 0 aromatic heterocycles. The molecule has 0 spiro atoms. The first-order valence-electron chi connectivity index (χ1n) is 5.60. The van der Waals surface area contributed by atoms with Crippen LogP contribution in [0.5, 0.6) is 0 Å². The highest BCUT2D eigenvalue weighted by Crippen LogP contribution is 2.20. The minimum atomic E-state index is -1.03. The van der Waals surface area contributed by atoms with E-state index in [1.165, 1.54) is 6.21 Å². The lowest BCUT2D eigenvalue weighted by Crippen LogP contribution is -2.40. The summed E-state index contributed by atoms with van der Waals surface area (Å²) in [6, 6.07) is 7.43. The van der Waals surface area contributed by atoms with Gasteiger partial charge in [0.1, 0.15) is 5.25 Å². The predicted octanol–water partition coefficient (Wildman–Crippen LogP) is 1.85. The highest BCUT2D eigenvalue weighted by atomic mass is 79.9. The van der Waals surface area contributed by atoms with E-state index in [9.17, 15) is 9.59 Å². The summed E-state index contributed by atoms with van der Waals surface area (Å²) in [5, 5.41) is 18.4. The van der Waals surface area contributed by atoms with Crippen molar-refractivity contribution >= 4 is 51.0 Å². The van der Waals surface area contributed by atoms with E-state index in [4.69, 9.17) is 5.11 Å². The first-order valence-corrected chi connectivity index (χ1v) is 7.28. The Kier molecular flexibility index (Phi) is 4.91. The van der Waals surface area contributed by atoms with Crippen molar-refractivity contribution in [2.45, 2.75) is 11.7 Å².